The molecule has 2 rings (SSSR count). The minimum Gasteiger partial charge on any atom is -0.469 e. The number of aliphatic imine (C=N–C) groups is 1. The first-order valence-electron chi connectivity index (χ1n) is 9.03. The number of halogens is 2. The van der Waals surface area contributed by atoms with Gasteiger partial charge in [0.2, 0.25) is 0 Å². The standard InChI is InChI=1S/C19H29FN4O2.HI/c1-5-21-19(24-10-8-15(9-11-24)18(25)26-4)22-13-14-6-7-17(23(2)3)16(20)12-14;/h6-7,12,15H,5,8-11,13H2,1-4H3,(H,21,22);1H. The van der Waals surface area contributed by atoms with Gasteiger partial charge in [-0.05, 0) is 37.5 Å². The molecule has 1 fully saturated rings. The van der Waals surface area contributed by atoms with Crippen LogP contribution < -0.4 is 10.2 Å². The molecule has 0 atom stereocenters. The van der Waals surface area contributed by atoms with Crippen molar-refractivity contribution in [2.45, 2.75) is 26.3 Å². The number of nitrogens with zero attached hydrogens (tertiary/aromatic N) is 3. The molecule has 8 heteroatoms. The Kier molecular flexibility index (Phi) is 9.82. The molecule has 0 aliphatic carbocycles. The van der Waals surface area contributed by atoms with Crippen LogP contribution in [0.5, 0.6) is 0 Å². The number of anilines is 1. The summed E-state index contributed by atoms with van der Waals surface area (Å²) in [5.41, 5.74) is 1.39. The van der Waals surface area contributed by atoms with E-state index in [1.54, 1.807) is 11.0 Å². The third kappa shape index (κ3) is 6.51. The van der Waals surface area contributed by atoms with Crippen LogP contribution >= 0.6 is 24.0 Å². The number of carbonyl (C=O) groups is 1. The predicted octanol–water partition coefficient (Wildman–Crippen LogP) is 2.86. The Balaban J connectivity index is 0.00000364. The van der Waals surface area contributed by atoms with E-state index in [0.29, 0.717) is 12.2 Å². The van der Waals surface area contributed by atoms with Crippen LogP contribution in [0.15, 0.2) is 23.2 Å². The number of methoxy groups -OCH3 is 1. The van der Waals surface area contributed by atoms with E-state index < -0.39 is 0 Å². The van der Waals surface area contributed by atoms with Crippen LogP contribution in [-0.4, -0.2) is 57.7 Å². The number of nitrogens with one attached hydrogen (secondary N) is 1. The first kappa shape index (κ1) is 23.5. The summed E-state index contributed by atoms with van der Waals surface area (Å²) in [4.78, 5) is 20.2. The molecule has 1 saturated heterocycles. The van der Waals surface area contributed by atoms with Gasteiger partial charge in [0.15, 0.2) is 5.96 Å². The fourth-order valence-corrected chi connectivity index (χ4v) is 3.10. The van der Waals surface area contributed by atoms with Gasteiger partial charge in [-0.1, -0.05) is 6.07 Å². The molecular weight excluding hydrogens is 462 g/mol. The molecule has 0 unspecified atom stereocenters. The van der Waals surface area contributed by atoms with Gasteiger partial charge >= 0.3 is 5.97 Å². The van der Waals surface area contributed by atoms with Gasteiger partial charge in [0.25, 0.3) is 0 Å². The summed E-state index contributed by atoms with van der Waals surface area (Å²) >= 11 is 0. The van der Waals surface area contributed by atoms with Crippen molar-refractivity contribution >= 4 is 41.6 Å². The maximum Gasteiger partial charge on any atom is 0.308 e. The van der Waals surface area contributed by atoms with E-state index in [1.807, 2.05) is 27.1 Å². The average molecular weight is 492 g/mol. The number of hydrogen-bond acceptors (Lipinski definition) is 4. The number of ether oxygens (including phenoxy) is 1. The lowest BCUT2D eigenvalue weighted by atomic mass is 9.97. The minimum atomic E-state index is -0.244. The highest BCUT2D eigenvalue weighted by molar-refractivity contribution is 14.0. The molecule has 0 spiro atoms. The first-order valence-corrected chi connectivity index (χ1v) is 9.03. The normalized spacial score (nSPS) is 15.1. The largest absolute Gasteiger partial charge is 0.469 e. The van der Waals surface area contributed by atoms with Gasteiger partial charge in [0.05, 0.1) is 25.3 Å². The third-order valence-corrected chi connectivity index (χ3v) is 4.57. The van der Waals surface area contributed by atoms with Crippen molar-refractivity contribution in [3.8, 4) is 0 Å². The van der Waals surface area contributed by atoms with E-state index >= 15 is 0 Å². The zero-order valence-electron chi connectivity index (χ0n) is 16.5. The molecule has 1 aromatic carbocycles. The number of guanidine groups is 1. The Morgan fingerprint density at radius 3 is 2.56 bits per heavy atom. The van der Waals surface area contributed by atoms with E-state index in [1.165, 1.54) is 13.2 Å². The molecule has 6 nitrogen and oxygen atoms in total. The van der Waals surface area contributed by atoms with E-state index in [-0.39, 0.29) is 41.7 Å². The Morgan fingerprint density at radius 2 is 2.04 bits per heavy atom. The summed E-state index contributed by atoms with van der Waals surface area (Å²) in [6, 6.07) is 5.20. The number of hydrogen-bond donors (Lipinski definition) is 1. The number of carbonyl (C=O) groups excluding carboxylic acids is 1. The topological polar surface area (TPSA) is 57.2 Å². The fraction of sp³-hybridized carbons (Fsp3) is 0.579. The lowest BCUT2D eigenvalue weighted by molar-refractivity contribution is -0.146. The van der Waals surface area contributed by atoms with Crippen molar-refractivity contribution in [1.82, 2.24) is 10.2 Å². The lowest BCUT2D eigenvalue weighted by Gasteiger charge is -2.33. The smallest absolute Gasteiger partial charge is 0.308 e. The maximum atomic E-state index is 14.1. The summed E-state index contributed by atoms with van der Waals surface area (Å²) in [6.45, 7) is 4.68. The van der Waals surface area contributed by atoms with Crippen LogP contribution in [-0.2, 0) is 16.1 Å². The van der Waals surface area contributed by atoms with Crippen molar-refractivity contribution < 1.29 is 13.9 Å². The summed E-state index contributed by atoms with van der Waals surface area (Å²) in [6.07, 6.45) is 1.51. The molecule has 0 bridgehead atoms. The maximum absolute atomic E-state index is 14.1. The number of rotatable bonds is 5. The highest BCUT2D eigenvalue weighted by Gasteiger charge is 2.26. The van der Waals surface area contributed by atoms with Gasteiger partial charge in [-0.2, -0.15) is 0 Å². The summed E-state index contributed by atoms with van der Waals surface area (Å²) in [5, 5.41) is 3.28. The zero-order valence-corrected chi connectivity index (χ0v) is 18.8. The monoisotopic (exact) mass is 492 g/mol. The van der Waals surface area contributed by atoms with Gasteiger partial charge in [-0.15, -0.1) is 24.0 Å². The van der Waals surface area contributed by atoms with Crippen molar-refractivity contribution in [1.29, 1.82) is 0 Å². The Bertz CT molecular complexity index is 647. The number of likely N-dealkylation sites (tertiary alicyclic amines) is 1. The van der Waals surface area contributed by atoms with Crippen LogP contribution in [0.1, 0.15) is 25.3 Å². The van der Waals surface area contributed by atoms with Crippen LogP contribution in [0.2, 0.25) is 0 Å². The van der Waals surface area contributed by atoms with Crippen molar-refractivity contribution in [2.24, 2.45) is 10.9 Å². The Labute approximate surface area is 178 Å². The minimum absolute atomic E-state index is 0. The van der Waals surface area contributed by atoms with E-state index in [0.717, 1.165) is 44.0 Å². The first-order chi connectivity index (χ1) is 12.5. The summed E-state index contributed by atoms with van der Waals surface area (Å²) < 4.78 is 19.0. The molecule has 1 aliphatic rings. The SMILES string of the molecule is CCNC(=NCc1ccc(N(C)C)c(F)c1)N1CCC(C(=O)OC)CC1.I. The molecule has 1 aromatic rings. The second-order valence-electron chi connectivity index (χ2n) is 6.63. The van der Waals surface area contributed by atoms with Crippen LogP contribution in [0.4, 0.5) is 10.1 Å². The van der Waals surface area contributed by atoms with E-state index in [9.17, 15) is 9.18 Å². The Hall–Kier alpha value is -1.58. The molecule has 27 heavy (non-hydrogen) atoms. The van der Waals surface area contributed by atoms with E-state index in [4.69, 9.17) is 4.74 Å². The number of benzene rings is 1. The second kappa shape index (κ2) is 11.3. The fourth-order valence-electron chi connectivity index (χ4n) is 3.10. The molecule has 0 radical (unpaired) electrons. The van der Waals surface area contributed by atoms with Crippen LogP contribution in [0.25, 0.3) is 0 Å². The highest BCUT2D eigenvalue weighted by atomic mass is 127. The quantitative estimate of drug-likeness (QED) is 0.297. The van der Waals surface area contributed by atoms with Crippen molar-refractivity contribution in [3.63, 3.8) is 0 Å². The summed E-state index contributed by atoms with van der Waals surface area (Å²) in [5.74, 6) is 0.384. The molecule has 0 saturated carbocycles. The Morgan fingerprint density at radius 1 is 1.37 bits per heavy atom. The van der Waals surface area contributed by atoms with E-state index in [2.05, 4.69) is 15.2 Å². The average Bonchev–Trinajstić information content (AvgIpc) is 2.64. The molecule has 0 amide bonds. The molecular formula is C19H30FIN4O2. The second-order valence-corrected chi connectivity index (χ2v) is 6.63. The van der Waals surface area contributed by atoms with Crippen LogP contribution in [0.3, 0.4) is 0 Å². The molecule has 1 N–H and O–H groups in total. The number of esters is 1. The van der Waals surface area contributed by atoms with Gasteiger partial charge < -0.3 is 19.9 Å². The molecule has 0 aromatic heterocycles. The van der Waals surface area contributed by atoms with Crippen LogP contribution in [0, 0.1) is 11.7 Å². The molecule has 152 valence electrons. The lowest BCUT2D eigenvalue weighted by Crippen LogP contribution is -2.46. The summed E-state index contributed by atoms with van der Waals surface area (Å²) in [7, 11) is 5.07. The third-order valence-electron chi connectivity index (χ3n) is 4.57. The zero-order chi connectivity index (χ0) is 19.1. The van der Waals surface area contributed by atoms with Crippen molar-refractivity contribution in [2.75, 3.05) is 45.7 Å². The van der Waals surface area contributed by atoms with Crippen molar-refractivity contribution in [3.05, 3.63) is 29.6 Å². The van der Waals surface area contributed by atoms with Gasteiger partial charge in [0.1, 0.15) is 5.82 Å². The molecule has 1 aliphatic heterocycles. The highest BCUT2D eigenvalue weighted by Crippen LogP contribution is 2.20. The van der Waals surface area contributed by atoms with Gasteiger partial charge in [0, 0.05) is 33.7 Å². The molecule has 1 heterocycles. The van der Waals surface area contributed by atoms with Gasteiger partial charge in [-0.3, -0.25) is 4.79 Å². The predicted molar refractivity (Wildman–Crippen MR) is 117 cm³/mol. The number of piperidine rings is 1. The van der Waals surface area contributed by atoms with Gasteiger partial charge in [-0.25, -0.2) is 9.38 Å².